The number of hydrogen-bond donors (Lipinski definition) is 1. The van der Waals surface area contributed by atoms with Crippen molar-refractivity contribution in [3.8, 4) is 5.75 Å². The highest BCUT2D eigenvalue weighted by molar-refractivity contribution is 5.86. The SMILES string of the molecule is Oc1c(C=Nc2ccccc2)cc(C2CCCCC2)cc1C1CCCC1. The molecule has 0 bridgehead atoms. The first kappa shape index (κ1) is 17.3. The maximum Gasteiger partial charge on any atom is 0.127 e. The van der Waals surface area contributed by atoms with E-state index in [0.717, 1.165) is 11.3 Å². The van der Waals surface area contributed by atoms with E-state index in [-0.39, 0.29) is 0 Å². The fourth-order valence-corrected chi connectivity index (χ4v) is 4.68. The van der Waals surface area contributed by atoms with Gasteiger partial charge in [-0.2, -0.15) is 0 Å². The van der Waals surface area contributed by atoms with E-state index in [1.54, 1.807) is 0 Å². The van der Waals surface area contributed by atoms with Crippen LogP contribution in [-0.4, -0.2) is 11.3 Å². The van der Waals surface area contributed by atoms with Gasteiger partial charge in [-0.1, -0.05) is 56.4 Å². The molecule has 2 aromatic rings. The largest absolute Gasteiger partial charge is 0.507 e. The summed E-state index contributed by atoms with van der Waals surface area (Å²) in [7, 11) is 0. The molecule has 0 atom stereocenters. The minimum Gasteiger partial charge on any atom is -0.507 e. The van der Waals surface area contributed by atoms with Crippen LogP contribution in [0.15, 0.2) is 47.5 Å². The van der Waals surface area contributed by atoms with E-state index in [9.17, 15) is 5.11 Å². The van der Waals surface area contributed by atoms with E-state index in [4.69, 9.17) is 0 Å². The van der Waals surface area contributed by atoms with Crippen molar-refractivity contribution in [1.82, 2.24) is 0 Å². The second-order valence-electron chi connectivity index (χ2n) is 7.96. The van der Waals surface area contributed by atoms with E-state index >= 15 is 0 Å². The van der Waals surface area contributed by atoms with Crippen LogP contribution in [0.25, 0.3) is 0 Å². The van der Waals surface area contributed by atoms with Crippen molar-refractivity contribution in [2.45, 2.75) is 69.6 Å². The van der Waals surface area contributed by atoms with Gasteiger partial charge in [0.2, 0.25) is 0 Å². The zero-order valence-corrected chi connectivity index (χ0v) is 15.5. The van der Waals surface area contributed by atoms with Crippen molar-refractivity contribution in [3.63, 3.8) is 0 Å². The van der Waals surface area contributed by atoms with Crippen molar-refractivity contribution in [1.29, 1.82) is 0 Å². The number of aromatic hydroxyl groups is 1. The van der Waals surface area contributed by atoms with Crippen molar-refractivity contribution >= 4 is 11.9 Å². The van der Waals surface area contributed by atoms with Crippen LogP contribution in [0.2, 0.25) is 0 Å². The summed E-state index contributed by atoms with van der Waals surface area (Å²) in [5, 5.41) is 11.0. The van der Waals surface area contributed by atoms with Gasteiger partial charge in [-0.05, 0) is 66.8 Å². The molecule has 2 saturated carbocycles. The van der Waals surface area contributed by atoms with Gasteiger partial charge in [-0.15, -0.1) is 0 Å². The van der Waals surface area contributed by atoms with E-state index < -0.39 is 0 Å². The van der Waals surface area contributed by atoms with Crippen LogP contribution in [0, 0.1) is 0 Å². The van der Waals surface area contributed by atoms with Gasteiger partial charge in [0.1, 0.15) is 5.75 Å². The van der Waals surface area contributed by atoms with Crippen molar-refractivity contribution in [2.24, 2.45) is 4.99 Å². The molecule has 0 aromatic heterocycles. The maximum absolute atomic E-state index is 11.0. The van der Waals surface area contributed by atoms with Crippen LogP contribution in [0.5, 0.6) is 5.75 Å². The molecule has 0 heterocycles. The number of phenolic OH excluding ortho intramolecular Hbond substituents is 1. The highest BCUT2D eigenvalue weighted by atomic mass is 16.3. The first-order chi connectivity index (χ1) is 12.8. The lowest BCUT2D eigenvalue weighted by molar-refractivity contribution is 0.438. The van der Waals surface area contributed by atoms with E-state index in [0.29, 0.717) is 17.6 Å². The van der Waals surface area contributed by atoms with Gasteiger partial charge in [0.05, 0.1) is 5.69 Å². The van der Waals surface area contributed by atoms with E-state index in [1.165, 1.54) is 68.9 Å². The Labute approximate surface area is 157 Å². The van der Waals surface area contributed by atoms with Crippen molar-refractivity contribution in [3.05, 3.63) is 59.2 Å². The number of para-hydroxylation sites is 1. The van der Waals surface area contributed by atoms with Gasteiger partial charge < -0.3 is 5.11 Å². The molecule has 0 amide bonds. The second kappa shape index (κ2) is 8.07. The van der Waals surface area contributed by atoms with Gasteiger partial charge in [0, 0.05) is 11.8 Å². The van der Waals surface area contributed by atoms with Gasteiger partial charge in [0.15, 0.2) is 0 Å². The van der Waals surface area contributed by atoms with E-state index in [1.807, 2.05) is 36.5 Å². The summed E-state index contributed by atoms with van der Waals surface area (Å²) < 4.78 is 0. The van der Waals surface area contributed by atoms with Gasteiger partial charge in [-0.3, -0.25) is 4.99 Å². The second-order valence-corrected chi connectivity index (χ2v) is 7.96. The number of hydrogen-bond acceptors (Lipinski definition) is 2. The Hall–Kier alpha value is -2.09. The molecule has 2 fully saturated rings. The number of rotatable bonds is 4. The maximum atomic E-state index is 11.0. The van der Waals surface area contributed by atoms with Gasteiger partial charge >= 0.3 is 0 Å². The third kappa shape index (κ3) is 3.85. The third-order valence-corrected chi connectivity index (χ3v) is 6.17. The molecule has 0 unspecified atom stereocenters. The predicted molar refractivity (Wildman–Crippen MR) is 109 cm³/mol. The molecule has 2 aliphatic carbocycles. The molecule has 2 aliphatic rings. The summed E-state index contributed by atoms with van der Waals surface area (Å²) >= 11 is 0. The fraction of sp³-hybridized carbons (Fsp3) is 0.458. The number of phenols is 1. The average molecular weight is 348 g/mol. The fourth-order valence-electron chi connectivity index (χ4n) is 4.68. The predicted octanol–water partition coefficient (Wildman–Crippen LogP) is 6.85. The Morgan fingerprint density at radius 3 is 2.19 bits per heavy atom. The zero-order valence-electron chi connectivity index (χ0n) is 15.5. The monoisotopic (exact) mass is 347 g/mol. The quantitative estimate of drug-likeness (QED) is 0.603. The summed E-state index contributed by atoms with van der Waals surface area (Å²) in [6.45, 7) is 0. The Balaban J connectivity index is 1.70. The summed E-state index contributed by atoms with van der Waals surface area (Å²) in [4.78, 5) is 4.61. The molecule has 26 heavy (non-hydrogen) atoms. The first-order valence-electron chi connectivity index (χ1n) is 10.3. The lowest BCUT2D eigenvalue weighted by Gasteiger charge is -2.24. The molecule has 2 nitrogen and oxygen atoms in total. The molecule has 2 aromatic carbocycles. The molecule has 0 radical (unpaired) electrons. The average Bonchev–Trinajstić information content (AvgIpc) is 3.23. The highest BCUT2D eigenvalue weighted by Crippen LogP contribution is 2.43. The molecular weight excluding hydrogens is 318 g/mol. The van der Waals surface area contributed by atoms with Crippen molar-refractivity contribution in [2.75, 3.05) is 0 Å². The molecule has 136 valence electrons. The number of nitrogens with zero attached hydrogens (tertiary/aromatic N) is 1. The minimum absolute atomic E-state index is 0.455. The number of benzene rings is 2. The highest BCUT2D eigenvalue weighted by Gasteiger charge is 2.24. The molecule has 0 spiro atoms. The molecule has 0 aliphatic heterocycles. The Morgan fingerprint density at radius 1 is 0.808 bits per heavy atom. The van der Waals surface area contributed by atoms with Gasteiger partial charge in [-0.25, -0.2) is 0 Å². The summed E-state index contributed by atoms with van der Waals surface area (Å²) in [5.74, 6) is 1.62. The smallest absolute Gasteiger partial charge is 0.127 e. The topological polar surface area (TPSA) is 32.6 Å². The Bertz CT molecular complexity index is 753. The Kier molecular flexibility index (Phi) is 5.38. The van der Waals surface area contributed by atoms with Crippen molar-refractivity contribution < 1.29 is 5.11 Å². The lowest BCUT2D eigenvalue weighted by atomic mass is 9.81. The van der Waals surface area contributed by atoms with E-state index in [2.05, 4.69) is 17.1 Å². The standard InChI is InChI=1S/C24H29NO/c26-24-21(17-25-22-13-5-2-6-14-22)15-20(18-9-3-1-4-10-18)16-23(24)19-11-7-8-12-19/h2,5-6,13-19,26H,1,3-4,7-12H2. The number of aliphatic imine (C=N–C) groups is 1. The van der Waals surface area contributed by atoms with Crippen LogP contribution < -0.4 is 0 Å². The van der Waals surface area contributed by atoms with Crippen LogP contribution in [0.4, 0.5) is 5.69 Å². The van der Waals surface area contributed by atoms with Crippen LogP contribution in [0.3, 0.4) is 0 Å². The molecule has 4 rings (SSSR count). The zero-order chi connectivity index (χ0) is 17.8. The third-order valence-electron chi connectivity index (χ3n) is 6.17. The summed E-state index contributed by atoms with van der Waals surface area (Å²) in [6, 6.07) is 14.5. The molecular formula is C24H29NO. The molecule has 1 N–H and O–H groups in total. The summed E-state index contributed by atoms with van der Waals surface area (Å²) in [5.41, 5.74) is 4.40. The molecule has 2 heteroatoms. The molecule has 0 saturated heterocycles. The lowest BCUT2D eigenvalue weighted by Crippen LogP contribution is -2.07. The first-order valence-corrected chi connectivity index (χ1v) is 10.3. The minimum atomic E-state index is 0.455. The van der Waals surface area contributed by atoms with Gasteiger partial charge in [0.25, 0.3) is 0 Å². The normalized spacial score (nSPS) is 19.4. The Morgan fingerprint density at radius 2 is 1.46 bits per heavy atom. The summed E-state index contributed by atoms with van der Waals surface area (Å²) in [6.07, 6.45) is 13.4. The van der Waals surface area contributed by atoms with Crippen LogP contribution in [0.1, 0.15) is 86.3 Å². The van der Waals surface area contributed by atoms with Crippen LogP contribution >= 0.6 is 0 Å². The van der Waals surface area contributed by atoms with Crippen LogP contribution in [-0.2, 0) is 0 Å².